The molecule has 0 aliphatic carbocycles. The number of ether oxygens (including phenoxy) is 1. The molecule has 0 aromatic heterocycles. The summed E-state index contributed by atoms with van der Waals surface area (Å²) in [6.07, 6.45) is 0.592. The first kappa shape index (κ1) is 27.6. The van der Waals surface area contributed by atoms with Crippen molar-refractivity contribution in [2.45, 2.75) is 11.3 Å². The highest BCUT2D eigenvalue weighted by Gasteiger charge is 2.29. The largest absolute Gasteiger partial charge is 0.452 e. The Kier molecular flexibility index (Phi) is 8.98. The van der Waals surface area contributed by atoms with Crippen molar-refractivity contribution in [3.8, 4) is 0 Å². The van der Waals surface area contributed by atoms with E-state index >= 15 is 0 Å². The molecule has 0 atom stereocenters. The topological polar surface area (TPSA) is 96.0 Å². The summed E-state index contributed by atoms with van der Waals surface area (Å²) >= 11 is 5.86. The lowest BCUT2D eigenvalue weighted by Crippen LogP contribution is -2.48. The van der Waals surface area contributed by atoms with Crippen LogP contribution in [0, 0.1) is 5.82 Å². The quantitative estimate of drug-likeness (QED) is 0.403. The van der Waals surface area contributed by atoms with Crippen LogP contribution in [0.25, 0.3) is 0 Å². The van der Waals surface area contributed by atoms with E-state index in [1.807, 2.05) is 17.0 Å². The molecular weight excluding hydrogens is 533 g/mol. The van der Waals surface area contributed by atoms with Crippen LogP contribution in [0.5, 0.6) is 0 Å². The first-order valence-corrected chi connectivity index (χ1v) is 13.8. The van der Waals surface area contributed by atoms with Crippen LogP contribution >= 0.6 is 11.6 Å². The van der Waals surface area contributed by atoms with Crippen LogP contribution < -0.4 is 10.2 Å². The van der Waals surface area contributed by atoms with Gasteiger partial charge in [0.1, 0.15) is 5.82 Å². The SMILES string of the molecule is O=C(COC(=O)c1cccc(S(=O)(=O)N2CCN(c3ccc(F)cc3)CC2)c1)NCCc1ccc(Cl)cc1. The van der Waals surface area contributed by atoms with Gasteiger partial charge in [0.15, 0.2) is 6.61 Å². The van der Waals surface area contributed by atoms with Gasteiger partial charge in [-0.15, -0.1) is 0 Å². The molecule has 1 amide bonds. The third-order valence-electron chi connectivity index (χ3n) is 6.12. The molecule has 38 heavy (non-hydrogen) atoms. The van der Waals surface area contributed by atoms with Crippen LogP contribution in [0.2, 0.25) is 5.02 Å². The molecule has 3 aromatic carbocycles. The highest BCUT2D eigenvalue weighted by molar-refractivity contribution is 7.89. The molecule has 0 bridgehead atoms. The number of carbonyl (C=O) groups excluding carboxylic acids is 2. The summed E-state index contributed by atoms with van der Waals surface area (Å²) in [5, 5.41) is 3.31. The molecule has 200 valence electrons. The number of nitrogens with one attached hydrogen (secondary N) is 1. The lowest BCUT2D eigenvalue weighted by atomic mass is 10.1. The summed E-state index contributed by atoms with van der Waals surface area (Å²) in [6.45, 7) is 1.25. The second-order valence-electron chi connectivity index (χ2n) is 8.70. The Morgan fingerprint density at radius 3 is 2.32 bits per heavy atom. The Morgan fingerprint density at radius 1 is 0.947 bits per heavy atom. The number of anilines is 1. The lowest BCUT2D eigenvalue weighted by molar-refractivity contribution is -0.124. The van der Waals surface area contributed by atoms with Gasteiger partial charge in [0, 0.05) is 43.4 Å². The fourth-order valence-electron chi connectivity index (χ4n) is 4.03. The molecule has 1 aliphatic rings. The van der Waals surface area contributed by atoms with E-state index in [1.165, 1.54) is 40.7 Å². The third-order valence-corrected chi connectivity index (χ3v) is 8.27. The van der Waals surface area contributed by atoms with Crippen molar-refractivity contribution in [1.82, 2.24) is 9.62 Å². The summed E-state index contributed by atoms with van der Waals surface area (Å²) in [5.41, 5.74) is 1.86. The van der Waals surface area contributed by atoms with Gasteiger partial charge in [0.05, 0.1) is 10.5 Å². The van der Waals surface area contributed by atoms with Crippen LogP contribution in [0.1, 0.15) is 15.9 Å². The number of halogens is 2. The second-order valence-corrected chi connectivity index (χ2v) is 11.1. The average Bonchev–Trinajstić information content (AvgIpc) is 2.93. The van der Waals surface area contributed by atoms with Crippen molar-refractivity contribution in [2.24, 2.45) is 0 Å². The first-order valence-electron chi connectivity index (χ1n) is 12.0. The van der Waals surface area contributed by atoms with E-state index < -0.39 is 28.5 Å². The fourth-order valence-corrected chi connectivity index (χ4v) is 5.63. The van der Waals surface area contributed by atoms with Crippen LogP contribution in [-0.2, 0) is 26.0 Å². The second kappa shape index (κ2) is 12.4. The van der Waals surface area contributed by atoms with Gasteiger partial charge in [-0.25, -0.2) is 17.6 Å². The van der Waals surface area contributed by atoms with Gasteiger partial charge in [0.2, 0.25) is 10.0 Å². The Bertz CT molecular complexity index is 1380. The van der Waals surface area contributed by atoms with Crippen LogP contribution in [-0.4, -0.2) is 63.9 Å². The molecule has 1 fully saturated rings. The molecule has 1 N–H and O–H groups in total. The van der Waals surface area contributed by atoms with Gasteiger partial charge < -0.3 is 15.0 Å². The highest BCUT2D eigenvalue weighted by atomic mass is 35.5. The summed E-state index contributed by atoms with van der Waals surface area (Å²) in [4.78, 5) is 26.5. The maximum absolute atomic E-state index is 13.2. The summed E-state index contributed by atoms with van der Waals surface area (Å²) < 4.78 is 46.0. The third kappa shape index (κ3) is 7.09. The molecule has 1 heterocycles. The Labute approximate surface area is 226 Å². The van der Waals surface area contributed by atoms with Crippen molar-refractivity contribution in [2.75, 3.05) is 44.2 Å². The van der Waals surface area contributed by atoms with Crippen molar-refractivity contribution in [3.05, 3.63) is 94.8 Å². The molecule has 0 saturated carbocycles. The van der Waals surface area contributed by atoms with Crippen LogP contribution in [0.4, 0.5) is 10.1 Å². The minimum Gasteiger partial charge on any atom is -0.452 e. The normalized spacial score (nSPS) is 14.2. The number of carbonyl (C=O) groups is 2. The molecule has 4 rings (SSSR count). The zero-order valence-corrected chi connectivity index (χ0v) is 22.1. The zero-order chi connectivity index (χ0) is 27.1. The number of nitrogens with zero attached hydrogens (tertiary/aromatic N) is 2. The van der Waals surface area contributed by atoms with E-state index in [9.17, 15) is 22.4 Å². The van der Waals surface area contributed by atoms with E-state index in [2.05, 4.69) is 5.32 Å². The molecule has 3 aromatic rings. The number of piperazine rings is 1. The van der Waals surface area contributed by atoms with Gasteiger partial charge in [-0.3, -0.25) is 4.79 Å². The van der Waals surface area contributed by atoms with Gasteiger partial charge in [-0.1, -0.05) is 29.8 Å². The molecule has 8 nitrogen and oxygen atoms in total. The smallest absolute Gasteiger partial charge is 0.338 e. The molecule has 0 unspecified atom stereocenters. The van der Waals surface area contributed by atoms with Gasteiger partial charge >= 0.3 is 5.97 Å². The fraction of sp³-hybridized carbons (Fsp3) is 0.259. The van der Waals surface area contributed by atoms with Crippen LogP contribution in [0.15, 0.2) is 77.7 Å². The monoisotopic (exact) mass is 559 g/mol. The van der Waals surface area contributed by atoms with Crippen molar-refractivity contribution in [1.29, 1.82) is 0 Å². The summed E-state index contributed by atoms with van der Waals surface area (Å²) in [6, 6.07) is 18.9. The lowest BCUT2D eigenvalue weighted by Gasteiger charge is -2.35. The van der Waals surface area contributed by atoms with E-state index in [1.54, 1.807) is 24.3 Å². The molecule has 0 radical (unpaired) electrons. The highest BCUT2D eigenvalue weighted by Crippen LogP contribution is 2.22. The van der Waals surface area contributed by atoms with Crippen molar-refractivity contribution in [3.63, 3.8) is 0 Å². The number of amides is 1. The van der Waals surface area contributed by atoms with Gasteiger partial charge in [-0.2, -0.15) is 4.31 Å². The number of hydrogen-bond donors (Lipinski definition) is 1. The average molecular weight is 560 g/mol. The van der Waals surface area contributed by atoms with E-state index in [4.69, 9.17) is 16.3 Å². The predicted octanol–water partition coefficient (Wildman–Crippen LogP) is 3.51. The number of sulfonamides is 1. The zero-order valence-electron chi connectivity index (χ0n) is 20.5. The van der Waals surface area contributed by atoms with Crippen molar-refractivity contribution >= 4 is 39.2 Å². The number of benzene rings is 3. The predicted molar refractivity (Wildman–Crippen MR) is 142 cm³/mol. The first-order chi connectivity index (χ1) is 18.2. The number of rotatable bonds is 9. The summed E-state index contributed by atoms with van der Waals surface area (Å²) in [7, 11) is -3.85. The molecular formula is C27H27ClFN3O5S. The van der Waals surface area contributed by atoms with E-state index in [0.29, 0.717) is 31.1 Å². The molecule has 0 spiro atoms. The molecule has 1 saturated heterocycles. The molecule has 11 heteroatoms. The number of hydrogen-bond acceptors (Lipinski definition) is 6. The van der Waals surface area contributed by atoms with Gasteiger partial charge in [0.25, 0.3) is 5.91 Å². The van der Waals surface area contributed by atoms with Gasteiger partial charge in [-0.05, 0) is 66.6 Å². The number of esters is 1. The summed E-state index contributed by atoms with van der Waals surface area (Å²) in [5.74, 6) is -1.59. The van der Waals surface area contributed by atoms with Crippen LogP contribution in [0.3, 0.4) is 0 Å². The van der Waals surface area contributed by atoms with Crippen molar-refractivity contribution < 1.29 is 27.1 Å². The van der Waals surface area contributed by atoms with E-state index in [0.717, 1.165) is 11.3 Å². The Balaban J connectivity index is 1.28. The van der Waals surface area contributed by atoms with E-state index in [-0.39, 0.29) is 29.4 Å². The Morgan fingerprint density at radius 2 is 1.63 bits per heavy atom. The molecule has 1 aliphatic heterocycles. The maximum atomic E-state index is 13.2. The minimum absolute atomic E-state index is 0.0324. The Hall–Kier alpha value is -3.47. The minimum atomic E-state index is -3.85. The maximum Gasteiger partial charge on any atom is 0.338 e. The standard InChI is InChI=1S/C27H27ClFN3O5S/c28-22-6-4-20(5-7-22)12-13-30-26(33)19-37-27(34)21-2-1-3-25(18-21)38(35,36)32-16-14-31(15-17-32)24-10-8-23(29)9-11-24/h1-11,18H,12-17,19H2,(H,30,33).